The van der Waals surface area contributed by atoms with E-state index in [1.54, 1.807) is 54.6 Å². The second-order valence-corrected chi connectivity index (χ2v) is 8.03. The van der Waals surface area contributed by atoms with Crippen LogP contribution in [0.5, 0.6) is 5.75 Å². The Hall–Kier alpha value is -3.32. The third-order valence-corrected chi connectivity index (χ3v) is 5.36. The van der Waals surface area contributed by atoms with Crippen LogP contribution in [0.25, 0.3) is 28.2 Å². The molecule has 0 aliphatic heterocycles. The third kappa shape index (κ3) is 4.94. The van der Waals surface area contributed by atoms with Gasteiger partial charge in [0.25, 0.3) is 0 Å². The van der Waals surface area contributed by atoms with Gasteiger partial charge in [0.15, 0.2) is 5.11 Å². The van der Waals surface area contributed by atoms with Crippen LogP contribution in [0.3, 0.4) is 0 Å². The Labute approximate surface area is 199 Å². The molecular formula is C24H16Cl2N2O3S. The Morgan fingerprint density at radius 2 is 1.78 bits per heavy atom. The monoisotopic (exact) mass is 482 g/mol. The molecule has 0 radical (unpaired) electrons. The molecule has 0 fully saturated rings. The number of nitrogens with one attached hydrogen (secondary N) is 2. The zero-order chi connectivity index (χ0) is 22.7. The van der Waals surface area contributed by atoms with E-state index >= 15 is 0 Å². The van der Waals surface area contributed by atoms with Crippen molar-refractivity contribution < 1.29 is 14.3 Å². The standard InChI is InChI=1S/C24H16Cl2N2O3S/c25-14-7-10-18(19(26)13-14)22-11-8-15(31-22)9-12-23(30)28-24(32)27-20-5-1-4-17-16(20)3-2-6-21(17)29/h1-13,29H,(H2,27,28,30,32)/b12-9+. The number of amides is 1. The number of aromatic hydroxyl groups is 1. The maximum Gasteiger partial charge on any atom is 0.250 e. The van der Waals surface area contributed by atoms with Crippen molar-refractivity contribution in [3.05, 3.63) is 88.6 Å². The van der Waals surface area contributed by atoms with E-state index in [0.717, 1.165) is 5.39 Å². The molecule has 4 rings (SSSR count). The maximum atomic E-state index is 12.3. The summed E-state index contributed by atoms with van der Waals surface area (Å²) in [5.74, 6) is 0.780. The van der Waals surface area contributed by atoms with Gasteiger partial charge in [0.2, 0.25) is 5.91 Å². The van der Waals surface area contributed by atoms with Crippen LogP contribution in [0.1, 0.15) is 5.76 Å². The SMILES string of the molecule is O=C(/C=C/c1ccc(-c2ccc(Cl)cc2Cl)o1)NC(=S)Nc1cccc2c(O)cccc12. The molecule has 1 amide bonds. The molecule has 8 heteroatoms. The molecule has 0 aliphatic rings. The summed E-state index contributed by atoms with van der Waals surface area (Å²) in [7, 11) is 0. The number of anilines is 1. The molecule has 0 aliphatic carbocycles. The molecule has 3 N–H and O–H groups in total. The molecule has 0 saturated carbocycles. The minimum absolute atomic E-state index is 0.128. The van der Waals surface area contributed by atoms with Crippen molar-refractivity contribution in [3.63, 3.8) is 0 Å². The van der Waals surface area contributed by atoms with E-state index in [1.165, 1.54) is 12.2 Å². The summed E-state index contributed by atoms with van der Waals surface area (Å²) in [5, 5.41) is 18.2. The summed E-state index contributed by atoms with van der Waals surface area (Å²) >= 11 is 17.4. The number of rotatable bonds is 4. The number of carbonyl (C=O) groups is 1. The van der Waals surface area contributed by atoms with E-state index in [0.29, 0.717) is 38.2 Å². The van der Waals surface area contributed by atoms with Crippen LogP contribution >= 0.6 is 35.4 Å². The van der Waals surface area contributed by atoms with E-state index < -0.39 is 5.91 Å². The predicted octanol–water partition coefficient (Wildman–Crippen LogP) is 6.64. The van der Waals surface area contributed by atoms with Gasteiger partial charge in [-0.1, -0.05) is 47.5 Å². The van der Waals surface area contributed by atoms with E-state index in [-0.39, 0.29) is 10.9 Å². The highest BCUT2D eigenvalue weighted by Crippen LogP contribution is 2.32. The second-order valence-electron chi connectivity index (χ2n) is 6.78. The molecule has 1 aromatic heterocycles. The number of carbonyl (C=O) groups excluding carboxylic acids is 1. The number of halogens is 2. The molecule has 5 nitrogen and oxygen atoms in total. The molecule has 160 valence electrons. The highest BCUT2D eigenvalue weighted by molar-refractivity contribution is 7.80. The van der Waals surface area contributed by atoms with Gasteiger partial charge in [0, 0.05) is 33.1 Å². The average Bonchev–Trinajstić information content (AvgIpc) is 3.22. The van der Waals surface area contributed by atoms with Gasteiger partial charge < -0.3 is 14.8 Å². The van der Waals surface area contributed by atoms with E-state index in [9.17, 15) is 9.90 Å². The second kappa shape index (κ2) is 9.44. The Kier molecular flexibility index (Phi) is 6.46. The lowest BCUT2D eigenvalue weighted by molar-refractivity contribution is -0.115. The fourth-order valence-corrected chi connectivity index (χ4v) is 3.86. The molecule has 32 heavy (non-hydrogen) atoms. The zero-order valence-corrected chi connectivity index (χ0v) is 18.8. The number of hydrogen-bond donors (Lipinski definition) is 3. The molecule has 0 saturated heterocycles. The number of fused-ring (bicyclic) bond motifs is 1. The van der Waals surface area contributed by atoms with Crippen molar-refractivity contribution in [2.45, 2.75) is 0 Å². The summed E-state index contributed by atoms with van der Waals surface area (Å²) in [4.78, 5) is 12.3. The summed E-state index contributed by atoms with van der Waals surface area (Å²) in [6.07, 6.45) is 2.84. The zero-order valence-electron chi connectivity index (χ0n) is 16.4. The van der Waals surface area contributed by atoms with Crippen molar-refractivity contribution in [3.8, 4) is 17.1 Å². The number of benzene rings is 3. The topological polar surface area (TPSA) is 74.5 Å². The summed E-state index contributed by atoms with van der Waals surface area (Å²) < 4.78 is 5.73. The lowest BCUT2D eigenvalue weighted by Gasteiger charge is -2.11. The molecule has 1 heterocycles. The Bertz CT molecular complexity index is 1360. The van der Waals surface area contributed by atoms with Gasteiger partial charge in [-0.15, -0.1) is 0 Å². The quantitative estimate of drug-likeness (QED) is 0.224. The number of phenols is 1. The molecule has 3 aromatic carbocycles. The highest BCUT2D eigenvalue weighted by atomic mass is 35.5. The Morgan fingerprint density at radius 1 is 1.00 bits per heavy atom. The van der Waals surface area contributed by atoms with Crippen LogP contribution in [0, 0.1) is 0 Å². The van der Waals surface area contributed by atoms with Crippen LogP contribution in [0.4, 0.5) is 5.69 Å². The highest BCUT2D eigenvalue weighted by Gasteiger charge is 2.10. The van der Waals surface area contributed by atoms with Crippen LogP contribution in [-0.4, -0.2) is 16.1 Å². The molecule has 0 atom stereocenters. The first-order valence-corrected chi connectivity index (χ1v) is 10.6. The van der Waals surface area contributed by atoms with Gasteiger partial charge in [0.05, 0.1) is 5.02 Å². The average molecular weight is 483 g/mol. The molecular weight excluding hydrogens is 467 g/mol. The largest absolute Gasteiger partial charge is 0.507 e. The summed E-state index contributed by atoms with van der Waals surface area (Å²) in [5.41, 5.74) is 1.37. The first kappa shape index (κ1) is 21.9. The summed E-state index contributed by atoms with van der Waals surface area (Å²) in [6, 6.07) is 19.2. The van der Waals surface area contributed by atoms with Crippen LogP contribution in [0.2, 0.25) is 10.0 Å². The van der Waals surface area contributed by atoms with Crippen molar-refractivity contribution in [2.24, 2.45) is 0 Å². The van der Waals surface area contributed by atoms with Crippen molar-refractivity contribution in [1.29, 1.82) is 0 Å². The number of furan rings is 1. The van der Waals surface area contributed by atoms with Gasteiger partial charge in [-0.05, 0) is 60.8 Å². The minimum Gasteiger partial charge on any atom is -0.507 e. The summed E-state index contributed by atoms with van der Waals surface area (Å²) in [6.45, 7) is 0. The van der Waals surface area contributed by atoms with Crippen molar-refractivity contribution in [1.82, 2.24) is 5.32 Å². The fourth-order valence-electron chi connectivity index (χ4n) is 3.14. The van der Waals surface area contributed by atoms with Gasteiger partial charge in [-0.25, -0.2) is 0 Å². The minimum atomic E-state index is -0.423. The number of hydrogen-bond acceptors (Lipinski definition) is 4. The molecule has 4 aromatic rings. The third-order valence-electron chi connectivity index (χ3n) is 4.61. The predicted molar refractivity (Wildman–Crippen MR) is 133 cm³/mol. The molecule has 0 bridgehead atoms. The first-order chi connectivity index (χ1) is 15.4. The smallest absolute Gasteiger partial charge is 0.250 e. The van der Waals surface area contributed by atoms with Crippen LogP contribution in [-0.2, 0) is 4.79 Å². The number of phenolic OH excluding ortho intramolecular Hbond substituents is 1. The normalized spacial score (nSPS) is 11.1. The maximum absolute atomic E-state index is 12.3. The fraction of sp³-hybridized carbons (Fsp3) is 0. The van der Waals surface area contributed by atoms with Crippen molar-refractivity contribution in [2.75, 3.05) is 5.32 Å². The number of thiocarbonyl (C=S) groups is 1. The first-order valence-electron chi connectivity index (χ1n) is 9.47. The Morgan fingerprint density at radius 3 is 2.59 bits per heavy atom. The Balaban J connectivity index is 1.40. The van der Waals surface area contributed by atoms with E-state index in [4.69, 9.17) is 39.8 Å². The van der Waals surface area contributed by atoms with Gasteiger partial charge in [0.1, 0.15) is 17.3 Å². The van der Waals surface area contributed by atoms with E-state index in [1.807, 2.05) is 12.1 Å². The van der Waals surface area contributed by atoms with Gasteiger partial charge in [-0.3, -0.25) is 10.1 Å². The van der Waals surface area contributed by atoms with Crippen molar-refractivity contribution >= 4 is 69.0 Å². The molecule has 0 spiro atoms. The van der Waals surface area contributed by atoms with Crippen LogP contribution in [0.15, 0.2) is 77.2 Å². The van der Waals surface area contributed by atoms with E-state index in [2.05, 4.69) is 10.6 Å². The lowest BCUT2D eigenvalue weighted by Crippen LogP contribution is -2.32. The van der Waals surface area contributed by atoms with Crippen LogP contribution < -0.4 is 10.6 Å². The van der Waals surface area contributed by atoms with Gasteiger partial charge >= 0.3 is 0 Å². The lowest BCUT2D eigenvalue weighted by atomic mass is 10.1. The molecule has 0 unspecified atom stereocenters. The van der Waals surface area contributed by atoms with Gasteiger partial charge in [-0.2, -0.15) is 0 Å².